The number of carboxylic acids is 1. The summed E-state index contributed by atoms with van der Waals surface area (Å²) in [5.41, 5.74) is -3.38. The summed E-state index contributed by atoms with van der Waals surface area (Å²) in [7, 11) is 0. The summed E-state index contributed by atoms with van der Waals surface area (Å²) in [6.45, 7) is 0. The third-order valence-electron chi connectivity index (χ3n) is 2.77. The Labute approximate surface area is 109 Å². The summed E-state index contributed by atoms with van der Waals surface area (Å²) in [5.74, 6) is -3.74. The lowest BCUT2D eigenvalue weighted by Gasteiger charge is -2.43. The van der Waals surface area contributed by atoms with E-state index in [2.05, 4.69) is 4.99 Å². The van der Waals surface area contributed by atoms with Crippen LogP contribution < -0.4 is 0 Å². The summed E-state index contributed by atoms with van der Waals surface area (Å²) in [5, 5.41) is 8.91. The number of carbonyl (C=O) groups is 2. The number of nitrogens with zero attached hydrogens (tertiary/aromatic N) is 2. The Bertz CT molecular complexity index is 553. The first kappa shape index (κ1) is 13.6. The summed E-state index contributed by atoms with van der Waals surface area (Å²) in [6, 6.07) is 0. The number of halogens is 4. The number of hydrogen-bond acceptors (Lipinski definition) is 3. The maximum Gasteiger partial charge on any atom is 0.423 e. The van der Waals surface area contributed by atoms with Crippen LogP contribution in [0.5, 0.6) is 0 Å². The fraction of sp³-hybridized carbons (Fsp3) is 0.300. The van der Waals surface area contributed by atoms with E-state index in [-0.39, 0.29) is 5.03 Å². The van der Waals surface area contributed by atoms with Gasteiger partial charge >= 0.3 is 12.1 Å². The van der Waals surface area contributed by atoms with E-state index in [0.717, 1.165) is 12.3 Å². The van der Waals surface area contributed by atoms with Gasteiger partial charge in [0.25, 0.3) is 5.91 Å². The number of fused-ring (bicyclic) bond motifs is 1. The number of amides is 1. The van der Waals surface area contributed by atoms with Crippen molar-refractivity contribution < 1.29 is 27.9 Å². The number of aliphatic imine (C=N–C) groups is 1. The molecule has 1 amide bonds. The van der Waals surface area contributed by atoms with Gasteiger partial charge in [-0.1, -0.05) is 11.6 Å². The Hall–Kier alpha value is -1.83. The summed E-state index contributed by atoms with van der Waals surface area (Å²) in [4.78, 5) is 26.2. The maximum absolute atomic E-state index is 13.2. The molecule has 2 aliphatic rings. The van der Waals surface area contributed by atoms with Crippen molar-refractivity contribution in [1.29, 1.82) is 0 Å². The standard InChI is InChI=1S/C10H6ClF3N2O3/c11-5-1-2-6-15-7(17)3-9(8(18)19,10(12,13)14)16(6)4-5/h1-2,4H,3H2,(H,18,19). The molecule has 0 aromatic heterocycles. The normalized spacial score (nSPS) is 26.7. The van der Waals surface area contributed by atoms with Gasteiger partial charge in [-0.05, 0) is 12.2 Å². The van der Waals surface area contributed by atoms with E-state index < -0.39 is 35.8 Å². The molecule has 1 N–H and O–H groups in total. The summed E-state index contributed by atoms with van der Waals surface area (Å²) in [6.07, 6.45) is -3.39. The molecule has 2 aliphatic heterocycles. The number of aliphatic carboxylic acids is 1. The molecule has 0 spiro atoms. The second-order valence-electron chi connectivity index (χ2n) is 3.92. The van der Waals surface area contributed by atoms with Crippen LogP contribution in [0.2, 0.25) is 0 Å². The molecule has 0 aliphatic carbocycles. The van der Waals surface area contributed by atoms with Crippen LogP contribution in [0.1, 0.15) is 6.42 Å². The van der Waals surface area contributed by atoms with Crippen LogP contribution in [0.3, 0.4) is 0 Å². The molecule has 0 saturated carbocycles. The number of carbonyl (C=O) groups excluding carboxylic acids is 1. The SMILES string of the molecule is O=C1CC(C(=O)O)(C(F)(F)F)N2C=C(Cl)C=CC2=N1. The van der Waals surface area contributed by atoms with Gasteiger partial charge in [-0.3, -0.25) is 4.79 Å². The van der Waals surface area contributed by atoms with Crippen LogP contribution in [-0.4, -0.2) is 39.4 Å². The minimum atomic E-state index is -5.17. The molecule has 1 unspecified atom stereocenters. The van der Waals surface area contributed by atoms with Crippen molar-refractivity contribution in [3.63, 3.8) is 0 Å². The van der Waals surface area contributed by atoms with Crippen molar-refractivity contribution in [3.8, 4) is 0 Å². The molecule has 0 bridgehead atoms. The maximum atomic E-state index is 13.2. The highest BCUT2D eigenvalue weighted by atomic mass is 35.5. The highest BCUT2D eigenvalue weighted by Gasteiger charge is 2.67. The summed E-state index contributed by atoms with van der Waals surface area (Å²) < 4.78 is 39.6. The third-order valence-corrected chi connectivity index (χ3v) is 2.99. The molecule has 0 saturated heterocycles. The van der Waals surface area contributed by atoms with Crippen molar-refractivity contribution in [1.82, 2.24) is 4.90 Å². The highest BCUT2D eigenvalue weighted by molar-refractivity contribution is 6.32. The molecule has 0 aromatic rings. The average Bonchev–Trinajstić information content (AvgIpc) is 2.26. The molecule has 0 radical (unpaired) electrons. The van der Waals surface area contributed by atoms with Gasteiger partial charge in [0, 0.05) is 6.20 Å². The number of amidine groups is 1. The van der Waals surface area contributed by atoms with E-state index in [9.17, 15) is 22.8 Å². The second kappa shape index (κ2) is 4.09. The molecular formula is C10H6ClF3N2O3. The van der Waals surface area contributed by atoms with Crippen molar-refractivity contribution in [2.45, 2.75) is 18.1 Å². The van der Waals surface area contributed by atoms with Gasteiger partial charge < -0.3 is 10.0 Å². The van der Waals surface area contributed by atoms with Crippen LogP contribution in [0.4, 0.5) is 13.2 Å². The van der Waals surface area contributed by atoms with Crippen LogP contribution in [0.25, 0.3) is 0 Å². The Morgan fingerprint density at radius 2 is 2.11 bits per heavy atom. The topological polar surface area (TPSA) is 70.0 Å². The van der Waals surface area contributed by atoms with E-state index in [1.807, 2.05) is 0 Å². The number of carboxylic acid groups (broad SMARTS) is 1. The van der Waals surface area contributed by atoms with E-state index >= 15 is 0 Å². The Balaban J connectivity index is 2.68. The predicted octanol–water partition coefficient (Wildman–Crippen LogP) is 1.65. The molecular weight excluding hydrogens is 289 g/mol. The van der Waals surface area contributed by atoms with E-state index in [1.165, 1.54) is 6.08 Å². The van der Waals surface area contributed by atoms with E-state index in [0.29, 0.717) is 4.90 Å². The molecule has 2 rings (SSSR count). The molecule has 9 heteroatoms. The van der Waals surface area contributed by atoms with Gasteiger partial charge in [0.15, 0.2) is 0 Å². The molecule has 1 atom stereocenters. The lowest BCUT2D eigenvalue weighted by Crippen LogP contribution is -2.66. The number of hydrogen-bond donors (Lipinski definition) is 1. The third kappa shape index (κ3) is 1.92. The zero-order valence-corrected chi connectivity index (χ0v) is 9.87. The van der Waals surface area contributed by atoms with Gasteiger partial charge in [-0.2, -0.15) is 18.2 Å². The molecule has 5 nitrogen and oxygen atoms in total. The zero-order valence-electron chi connectivity index (χ0n) is 9.11. The van der Waals surface area contributed by atoms with Crippen molar-refractivity contribution in [3.05, 3.63) is 23.4 Å². The zero-order chi connectivity index (χ0) is 14.4. The fourth-order valence-corrected chi connectivity index (χ4v) is 2.03. The molecule has 102 valence electrons. The number of alkyl halides is 3. The summed E-state index contributed by atoms with van der Waals surface area (Å²) >= 11 is 5.59. The minimum Gasteiger partial charge on any atom is -0.479 e. The highest BCUT2D eigenvalue weighted by Crippen LogP contribution is 2.42. The first-order chi connectivity index (χ1) is 8.68. The first-order valence-corrected chi connectivity index (χ1v) is 5.32. The van der Waals surface area contributed by atoms with Gasteiger partial charge in [-0.15, -0.1) is 0 Å². The van der Waals surface area contributed by atoms with Crippen LogP contribution in [0.15, 0.2) is 28.4 Å². The molecule has 2 heterocycles. The smallest absolute Gasteiger partial charge is 0.423 e. The van der Waals surface area contributed by atoms with Crippen LogP contribution >= 0.6 is 11.6 Å². The monoisotopic (exact) mass is 294 g/mol. The average molecular weight is 295 g/mol. The van der Waals surface area contributed by atoms with Crippen molar-refractivity contribution in [2.75, 3.05) is 0 Å². The lowest BCUT2D eigenvalue weighted by atomic mass is 9.89. The number of rotatable bonds is 1. The first-order valence-electron chi connectivity index (χ1n) is 4.95. The van der Waals surface area contributed by atoms with Crippen LogP contribution in [-0.2, 0) is 9.59 Å². The Morgan fingerprint density at radius 3 is 2.63 bits per heavy atom. The van der Waals surface area contributed by atoms with Crippen LogP contribution in [0, 0.1) is 0 Å². The minimum absolute atomic E-state index is 0.0943. The lowest BCUT2D eigenvalue weighted by molar-refractivity contribution is -0.226. The fourth-order valence-electron chi connectivity index (χ4n) is 1.87. The quantitative estimate of drug-likeness (QED) is 0.798. The van der Waals surface area contributed by atoms with Crippen molar-refractivity contribution >= 4 is 29.3 Å². The van der Waals surface area contributed by atoms with Gasteiger partial charge in [0.05, 0.1) is 11.5 Å². The molecule has 0 aromatic carbocycles. The molecule has 0 fully saturated rings. The Morgan fingerprint density at radius 1 is 1.47 bits per heavy atom. The van der Waals surface area contributed by atoms with Gasteiger partial charge in [-0.25, -0.2) is 4.79 Å². The predicted molar refractivity (Wildman–Crippen MR) is 58.4 cm³/mol. The molecule has 19 heavy (non-hydrogen) atoms. The largest absolute Gasteiger partial charge is 0.479 e. The van der Waals surface area contributed by atoms with Crippen molar-refractivity contribution in [2.24, 2.45) is 4.99 Å². The van der Waals surface area contributed by atoms with E-state index in [1.54, 1.807) is 0 Å². The van der Waals surface area contributed by atoms with Gasteiger partial charge in [0.1, 0.15) is 5.84 Å². The number of allylic oxidation sites excluding steroid dienone is 2. The van der Waals surface area contributed by atoms with Gasteiger partial charge in [0.2, 0.25) is 5.54 Å². The van der Waals surface area contributed by atoms with E-state index in [4.69, 9.17) is 16.7 Å². The Kier molecular flexibility index (Phi) is 2.93. The second-order valence-corrected chi connectivity index (χ2v) is 4.36.